The first kappa shape index (κ1) is 19.4. The summed E-state index contributed by atoms with van der Waals surface area (Å²) < 4.78 is 6.26. The van der Waals surface area contributed by atoms with Gasteiger partial charge in [0.2, 0.25) is 0 Å². The van der Waals surface area contributed by atoms with Gasteiger partial charge in [-0.1, -0.05) is 35.9 Å². The molecule has 3 rings (SSSR count). The number of aromatic nitrogens is 2. The summed E-state index contributed by atoms with van der Waals surface area (Å²) in [6.45, 7) is 0.131. The molecule has 0 amide bonds. The first-order valence-electron chi connectivity index (χ1n) is 8.40. The van der Waals surface area contributed by atoms with Crippen molar-refractivity contribution in [3.05, 3.63) is 87.2 Å². The van der Waals surface area contributed by atoms with Gasteiger partial charge in [0, 0.05) is 10.6 Å². The number of carboxylic acids is 1. The summed E-state index contributed by atoms with van der Waals surface area (Å²) >= 11 is 5.86. The van der Waals surface area contributed by atoms with E-state index in [-0.39, 0.29) is 12.1 Å². The van der Waals surface area contributed by atoms with Gasteiger partial charge in [-0.3, -0.25) is 4.79 Å². The summed E-state index contributed by atoms with van der Waals surface area (Å²) in [6, 6.07) is 15.5. The van der Waals surface area contributed by atoms with Gasteiger partial charge in [0.05, 0.1) is 19.3 Å². The van der Waals surface area contributed by atoms with Crippen LogP contribution < -0.4 is 10.3 Å². The number of hydrogen-bond acceptors (Lipinski definition) is 4. The topological polar surface area (TPSA) is 81.4 Å². The Hall–Kier alpha value is -3.38. The Bertz CT molecular complexity index is 1070. The Kier molecular flexibility index (Phi) is 5.91. The first-order chi connectivity index (χ1) is 13.5. The number of carboxylic acid groups (broad SMARTS) is 1. The third-order valence-corrected chi connectivity index (χ3v) is 4.30. The number of ether oxygens (including phenoxy) is 1. The van der Waals surface area contributed by atoms with Gasteiger partial charge in [-0.05, 0) is 48.0 Å². The molecule has 6 nitrogen and oxygen atoms in total. The van der Waals surface area contributed by atoms with Crippen LogP contribution in [0.15, 0.2) is 65.5 Å². The maximum atomic E-state index is 12.4. The number of rotatable bonds is 6. The molecule has 0 atom stereocenters. The molecular weight excluding hydrogens is 380 g/mol. The second-order valence-electron chi connectivity index (χ2n) is 5.92. The van der Waals surface area contributed by atoms with Crippen LogP contribution in [0.4, 0.5) is 0 Å². The molecule has 0 fully saturated rings. The number of halogens is 1. The van der Waals surface area contributed by atoms with E-state index in [0.29, 0.717) is 22.0 Å². The molecule has 28 heavy (non-hydrogen) atoms. The average molecular weight is 397 g/mol. The zero-order valence-corrected chi connectivity index (χ0v) is 15.8. The van der Waals surface area contributed by atoms with Crippen molar-refractivity contribution in [2.45, 2.75) is 6.54 Å². The van der Waals surface area contributed by atoms with E-state index in [9.17, 15) is 14.7 Å². The van der Waals surface area contributed by atoms with Crippen molar-refractivity contribution >= 4 is 23.6 Å². The lowest BCUT2D eigenvalue weighted by Crippen LogP contribution is -2.28. The van der Waals surface area contributed by atoms with Gasteiger partial charge >= 0.3 is 5.97 Å². The van der Waals surface area contributed by atoms with Gasteiger partial charge in [-0.2, -0.15) is 5.10 Å². The SMILES string of the molecule is COc1ccc(-c2cc(C(=O)O)c(=O)n(CC=Cc3ccc(Cl)cc3)n2)cc1. The van der Waals surface area contributed by atoms with E-state index in [1.54, 1.807) is 49.6 Å². The van der Waals surface area contributed by atoms with Gasteiger partial charge < -0.3 is 9.84 Å². The summed E-state index contributed by atoms with van der Waals surface area (Å²) in [6.07, 6.45) is 3.55. The Balaban J connectivity index is 1.94. The maximum absolute atomic E-state index is 12.4. The van der Waals surface area contributed by atoms with Crippen LogP contribution in [0.1, 0.15) is 15.9 Å². The molecular formula is C21H17ClN2O4. The Morgan fingerprint density at radius 2 is 1.86 bits per heavy atom. The van der Waals surface area contributed by atoms with Gasteiger partial charge in [0.1, 0.15) is 11.3 Å². The average Bonchev–Trinajstić information content (AvgIpc) is 2.70. The summed E-state index contributed by atoms with van der Waals surface area (Å²) in [7, 11) is 1.56. The van der Waals surface area contributed by atoms with Crippen LogP contribution in [0.2, 0.25) is 5.02 Å². The Morgan fingerprint density at radius 1 is 1.18 bits per heavy atom. The van der Waals surface area contributed by atoms with E-state index in [1.165, 1.54) is 6.07 Å². The molecule has 1 N–H and O–H groups in total. The zero-order chi connectivity index (χ0) is 20.1. The summed E-state index contributed by atoms with van der Waals surface area (Å²) in [5, 5.41) is 14.3. The fourth-order valence-electron chi connectivity index (χ4n) is 2.58. The highest BCUT2D eigenvalue weighted by atomic mass is 35.5. The largest absolute Gasteiger partial charge is 0.497 e. The molecule has 7 heteroatoms. The van der Waals surface area contributed by atoms with E-state index in [2.05, 4.69) is 5.10 Å². The maximum Gasteiger partial charge on any atom is 0.341 e. The highest BCUT2D eigenvalue weighted by molar-refractivity contribution is 6.30. The lowest BCUT2D eigenvalue weighted by molar-refractivity contribution is 0.0694. The molecule has 0 aliphatic heterocycles. The molecule has 1 heterocycles. The van der Waals surface area contributed by atoms with Crippen molar-refractivity contribution in [3.63, 3.8) is 0 Å². The number of carbonyl (C=O) groups is 1. The predicted octanol–water partition coefficient (Wildman–Crippen LogP) is 3.98. The first-order valence-corrected chi connectivity index (χ1v) is 8.77. The monoisotopic (exact) mass is 396 g/mol. The molecule has 0 aliphatic carbocycles. The third-order valence-electron chi connectivity index (χ3n) is 4.05. The fourth-order valence-corrected chi connectivity index (χ4v) is 2.71. The lowest BCUT2D eigenvalue weighted by Gasteiger charge is -2.08. The van der Waals surface area contributed by atoms with Gasteiger partial charge in [0.15, 0.2) is 0 Å². The van der Waals surface area contributed by atoms with Crippen molar-refractivity contribution in [2.75, 3.05) is 7.11 Å². The van der Waals surface area contributed by atoms with Crippen LogP contribution in [0.3, 0.4) is 0 Å². The number of hydrogen-bond donors (Lipinski definition) is 1. The Morgan fingerprint density at radius 3 is 2.46 bits per heavy atom. The minimum Gasteiger partial charge on any atom is -0.497 e. The molecule has 0 aliphatic rings. The summed E-state index contributed by atoms with van der Waals surface area (Å²) in [5.74, 6) is -0.626. The van der Waals surface area contributed by atoms with E-state index in [1.807, 2.05) is 18.2 Å². The minimum absolute atomic E-state index is 0.131. The predicted molar refractivity (Wildman–Crippen MR) is 108 cm³/mol. The zero-order valence-electron chi connectivity index (χ0n) is 15.0. The molecule has 3 aromatic rings. The van der Waals surface area contributed by atoms with E-state index < -0.39 is 11.5 Å². The quantitative estimate of drug-likeness (QED) is 0.681. The molecule has 0 saturated heterocycles. The van der Waals surface area contributed by atoms with Crippen molar-refractivity contribution in [1.82, 2.24) is 9.78 Å². The number of nitrogens with zero attached hydrogens (tertiary/aromatic N) is 2. The van der Waals surface area contributed by atoms with Crippen LogP contribution in [-0.4, -0.2) is 28.0 Å². The van der Waals surface area contributed by atoms with E-state index >= 15 is 0 Å². The Labute approximate surface area is 166 Å². The number of benzene rings is 2. The minimum atomic E-state index is -1.29. The van der Waals surface area contributed by atoms with Gasteiger partial charge in [0.25, 0.3) is 5.56 Å². The van der Waals surface area contributed by atoms with Crippen molar-refractivity contribution in [3.8, 4) is 17.0 Å². The molecule has 0 radical (unpaired) electrons. The highest BCUT2D eigenvalue weighted by Gasteiger charge is 2.15. The third kappa shape index (κ3) is 4.47. The molecule has 0 unspecified atom stereocenters. The summed E-state index contributed by atoms with van der Waals surface area (Å²) in [5.41, 5.74) is 0.978. The molecule has 1 aromatic heterocycles. The lowest BCUT2D eigenvalue weighted by atomic mass is 10.1. The van der Waals surface area contributed by atoms with Crippen molar-refractivity contribution < 1.29 is 14.6 Å². The number of aromatic carboxylic acids is 1. The smallest absolute Gasteiger partial charge is 0.341 e. The second kappa shape index (κ2) is 8.54. The molecule has 0 bridgehead atoms. The van der Waals surface area contributed by atoms with E-state index in [0.717, 1.165) is 10.2 Å². The fraction of sp³-hybridized carbons (Fsp3) is 0.0952. The molecule has 0 saturated carbocycles. The molecule has 142 valence electrons. The second-order valence-corrected chi connectivity index (χ2v) is 6.35. The standard InChI is InChI=1S/C21H17ClN2O4/c1-28-17-10-6-15(7-11-17)19-13-18(21(26)27)20(25)24(23-19)12-2-3-14-4-8-16(22)9-5-14/h2-11,13H,12H2,1H3,(H,26,27). The van der Waals surface area contributed by atoms with Crippen molar-refractivity contribution in [2.24, 2.45) is 0 Å². The van der Waals surface area contributed by atoms with Gasteiger partial charge in [-0.25, -0.2) is 9.48 Å². The normalized spacial score (nSPS) is 10.9. The van der Waals surface area contributed by atoms with E-state index in [4.69, 9.17) is 16.3 Å². The van der Waals surface area contributed by atoms with Crippen LogP contribution >= 0.6 is 11.6 Å². The molecule has 2 aromatic carbocycles. The van der Waals surface area contributed by atoms with Crippen molar-refractivity contribution in [1.29, 1.82) is 0 Å². The highest BCUT2D eigenvalue weighted by Crippen LogP contribution is 2.20. The van der Waals surface area contributed by atoms with Crippen LogP contribution in [0.5, 0.6) is 5.75 Å². The molecule has 0 spiro atoms. The van der Waals surface area contributed by atoms with Gasteiger partial charge in [-0.15, -0.1) is 0 Å². The van der Waals surface area contributed by atoms with Crippen LogP contribution in [0, 0.1) is 0 Å². The number of allylic oxidation sites excluding steroid dienone is 1. The number of methoxy groups -OCH3 is 1. The summed E-state index contributed by atoms with van der Waals surface area (Å²) in [4.78, 5) is 23.9. The van der Waals surface area contributed by atoms with Crippen LogP contribution in [0.25, 0.3) is 17.3 Å². The van der Waals surface area contributed by atoms with Crippen LogP contribution in [-0.2, 0) is 6.54 Å².